The van der Waals surface area contributed by atoms with Crippen LogP contribution in [0.2, 0.25) is 0 Å². The largest absolute Gasteiger partial charge is 0.449 e. The van der Waals surface area contributed by atoms with E-state index in [0.29, 0.717) is 24.2 Å². The Kier molecular flexibility index (Phi) is 5.05. The van der Waals surface area contributed by atoms with E-state index in [1.54, 1.807) is 18.2 Å². The maximum Gasteiger partial charge on any atom is 0.339 e. The van der Waals surface area contributed by atoms with Gasteiger partial charge in [-0.3, -0.25) is 4.31 Å². The second-order valence-corrected chi connectivity index (χ2v) is 7.55. The number of sulfonamides is 1. The second-order valence-electron chi connectivity index (χ2n) is 5.54. The van der Waals surface area contributed by atoms with Crippen LogP contribution >= 0.6 is 0 Å². The summed E-state index contributed by atoms with van der Waals surface area (Å²) in [5.74, 6) is 5.30. The number of carbonyl (C=O) groups excluding carboxylic acids is 1. The van der Waals surface area contributed by atoms with Crippen LogP contribution in [0.25, 0.3) is 0 Å². The van der Waals surface area contributed by atoms with Gasteiger partial charge in [0.25, 0.3) is 0 Å². The van der Waals surface area contributed by atoms with Crippen molar-refractivity contribution in [3.8, 4) is 11.8 Å². The lowest BCUT2D eigenvalue weighted by Crippen LogP contribution is -2.25. The molecule has 2 aromatic rings. The highest BCUT2D eigenvalue weighted by atomic mass is 32.2. The summed E-state index contributed by atoms with van der Waals surface area (Å²) in [5, 5.41) is 0. The van der Waals surface area contributed by atoms with Crippen LogP contribution in [0.5, 0.6) is 0 Å². The molecule has 1 aliphatic heterocycles. The fourth-order valence-corrected chi connectivity index (χ4v) is 4.12. The lowest BCUT2D eigenvalue weighted by atomic mass is 10.2. The summed E-state index contributed by atoms with van der Waals surface area (Å²) in [6.07, 6.45) is 0.589. The van der Waals surface area contributed by atoms with Crippen molar-refractivity contribution in [1.82, 2.24) is 0 Å². The molecule has 1 saturated heterocycles. The Morgan fingerprint density at radius 3 is 2.64 bits per heavy atom. The van der Waals surface area contributed by atoms with E-state index in [2.05, 4.69) is 11.8 Å². The van der Waals surface area contributed by atoms with E-state index in [1.807, 2.05) is 30.3 Å². The minimum atomic E-state index is -3.28. The third kappa shape index (κ3) is 4.20. The molecule has 2 aromatic carbocycles. The third-order valence-corrected chi connectivity index (χ3v) is 5.62. The Bertz CT molecular complexity index is 927. The van der Waals surface area contributed by atoms with Crippen molar-refractivity contribution >= 4 is 21.7 Å². The number of benzene rings is 2. The highest BCUT2D eigenvalue weighted by molar-refractivity contribution is 7.93. The Morgan fingerprint density at radius 1 is 1.12 bits per heavy atom. The van der Waals surface area contributed by atoms with Crippen molar-refractivity contribution in [2.24, 2.45) is 0 Å². The number of esters is 1. The average molecular weight is 355 g/mol. The van der Waals surface area contributed by atoms with Gasteiger partial charge >= 0.3 is 5.97 Å². The molecule has 0 bridgehead atoms. The minimum absolute atomic E-state index is 0.0278. The molecule has 1 aliphatic rings. The monoisotopic (exact) mass is 355 g/mol. The van der Waals surface area contributed by atoms with Crippen molar-refractivity contribution in [2.45, 2.75) is 6.42 Å². The van der Waals surface area contributed by atoms with E-state index in [-0.39, 0.29) is 12.4 Å². The summed E-state index contributed by atoms with van der Waals surface area (Å²) < 4.78 is 30.4. The van der Waals surface area contributed by atoms with Gasteiger partial charge < -0.3 is 4.74 Å². The zero-order valence-electron chi connectivity index (χ0n) is 13.5. The van der Waals surface area contributed by atoms with Crippen LogP contribution < -0.4 is 4.31 Å². The zero-order valence-corrected chi connectivity index (χ0v) is 14.3. The number of nitrogens with zero attached hydrogens (tertiary/aromatic N) is 1. The molecule has 0 radical (unpaired) electrons. The van der Waals surface area contributed by atoms with Gasteiger partial charge in [0, 0.05) is 12.1 Å². The number of hydrogen-bond acceptors (Lipinski definition) is 4. The molecule has 0 aliphatic carbocycles. The first-order valence-corrected chi connectivity index (χ1v) is 9.49. The Labute approximate surface area is 147 Å². The van der Waals surface area contributed by atoms with Crippen LogP contribution in [0.3, 0.4) is 0 Å². The van der Waals surface area contributed by atoms with Crippen molar-refractivity contribution in [3.05, 3.63) is 65.7 Å². The lowest BCUT2D eigenvalue weighted by molar-refractivity contribution is 0.0556. The Morgan fingerprint density at radius 2 is 1.92 bits per heavy atom. The summed E-state index contributed by atoms with van der Waals surface area (Å²) in [6, 6.07) is 15.9. The van der Waals surface area contributed by atoms with Crippen molar-refractivity contribution in [1.29, 1.82) is 0 Å². The van der Waals surface area contributed by atoms with E-state index in [4.69, 9.17) is 4.74 Å². The summed E-state index contributed by atoms with van der Waals surface area (Å²) in [7, 11) is -3.28. The Balaban J connectivity index is 1.65. The van der Waals surface area contributed by atoms with Crippen molar-refractivity contribution in [3.63, 3.8) is 0 Å². The van der Waals surface area contributed by atoms with Crippen molar-refractivity contribution in [2.75, 3.05) is 23.2 Å². The highest BCUT2D eigenvalue weighted by Gasteiger charge is 2.28. The maximum atomic E-state index is 12.1. The van der Waals surface area contributed by atoms with E-state index >= 15 is 0 Å². The number of rotatable bonds is 3. The molecule has 0 aromatic heterocycles. The van der Waals surface area contributed by atoms with Crippen LogP contribution in [0.4, 0.5) is 5.69 Å². The van der Waals surface area contributed by atoms with Crippen LogP contribution in [0, 0.1) is 11.8 Å². The first kappa shape index (κ1) is 17.1. The van der Waals surface area contributed by atoms with E-state index in [0.717, 1.165) is 5.56 Å². The van der Waals surface area contributed by atoms with Gasteiger partial charge in [-0.25, -0.2) is 13.2 Å². The van der Waals surface area contributed by atoms with Gasteiger partial charge in [0.2, 0.25) is 10.0 Å². The molecular formula is C19H17NO4S. The number of carbonyl (C=O) groups is 1. The lowest BCUT2D eigenvalue weighted by Gasteiger charge is -2.17. The van der Waals surface area contributed by atoms with Crippen molar-refractivity contribution < 1.29 is 17.9 Å². The van der Waals surface area contributed by atoms with E-state index in [9.17, 15) is 13.2 Å². The molecule has 25 heavy (non-hydrogen) atoms. The van der Waals surface area contributed by atoms with Crippen LogP contribution in [-0.2, 0) is 14.8 Å². The normalized spacial score (nSPS) is 15.3. The molecule has 5 nitrogen and oxygen atoms in total. The topological polar surface area (TPSA) is 63.7 Å². The molecule has 0 saturated carbocycles. The molecule has 1 heterocycles. The first-order chi connectivity index (χ1) is 12.1. The zero-order chi connectivity index (χ0) is 17.7. The van der Waals surface area contributed by atoms with E-state index < -0.39 is 16.0 Å². The molecule has 128 valence electrons. The quantitative estimate of drug-likeness (QED) is 0.627. The van der Waals surface area contributed by atoms with E-state index in [1.165, 1.54) is 10.4 Å². The molecular weight excluding hydrogens is 338 g/mol. The molecule has 6 heteroatoms. The summed E-state index contributed by atoms with van der Waals surface area (Å²) in [5.41, 5.74) is 1.64. The molecule has 1 fully saturated rings. The SMILES string of the molecule is O=C(OCC#Cc1ccccc1)c1cccc(N2CCCS2(=O)=O)c1. The fraction of sp³-hybridized carbons (Fsp3) is 0.211. The van der Waals surface area contributed by atoms with Crippen LogP contribution in [0.15, 0.2) is 54.6 Å². The molecule has 3 rings (SSSR count). The predicted octanol–water partition coefficient (Wildman–Crippen LogP) is 2.44. The van der Waals surface area contributed by atoms with Gasteiger partial charge in [0.1, 0.15) is 0 Å². The smallest absolute Gasteiger partial charge is 0.339 e. The third-order valence-electron chi connectivity index (χ3n) is 3.75. The first-order valence-electron chi connectivity index (χ1n) is 7.88. The van der Waals surface area contributed by atoms with Gasteiger partial charge in [-0.15, -0.1) is 0 Å². The minimum Gasteiger partial charge on any atom is -0.449 e. The van der Waals surface area contributed by atoms with Crippen LogP contribution in [0.1, 0.15) is 22.3 Å². The molecule has 0 spiro atoms. The summed E-state index contributed by atoms with van der Waals surface area (Å²) in [4.78, 5) is 12.1. The number of ether oxygens (including phenoxy) is 1. The fourth-order valence-electron chi connectivity index (χ4n) is 2.56. The van der Waals surface area contributed by atoms with Gasteiger partial charge in [-0.2, -0.15) is 0 Å². The number of hydrogen-bond donors (Lipinski definition) is 0. The standard InChI is InChI=1S/C19H17NO4S/c21-19(24-13-5-9-16-7-2-1-3-8-16)17-10-4-11-18(15-17)20-12-6-14-25(20,22)23/h1-4,7-8,10-11,15H,6,12-14H2. The average Bonchev–Trinajstić information content (AvgIpc) is 2.99. The highest BCUT2D eigenvalue weighted by Crippen LogP contribution is 2.24. The Hall–Kier alpha value is -2.78. The molecule has 0 unspecified atom stereocenters. The van der Waals surface area contributed by atoms with Gasteiger partial charge in [0.15, 0.2) is 6.61 Å². The summed E-state index contributed by atoms with van der Waals surface area (Å²) >= 11 is 0. The molecule has 0 atom stereocenters. The summed E-state index contributed by atoms with van der Waals surface area (Å²) in [6.45, 7) is 0.406. The number of anilines is 1. The molecule has 0 N–H and O–H groups in total. The predicted molar refractivity (Wildman–Crippen MR) is 95.8 cm³/mol. The maximum absolute atomic E-state index is 12.1. The van der Waals surface area contributed by atoms with Crippen LogP contribution in [-0.4, -0.2) is 33.3 Å². The second kappa shape index (κ2) is 7.41. The van der Waals surface area contributed by atoms with Gasteiger partial charge in [0.05, 0.1) is 17.0 Å². The van der Waals surface area contributed by atoms with Gasteiger partial charge in [-0.05, 0) is 36.8 Å². The molecule has 0 amide bonds. The van der Waals surface area contributed by atoms with Gasteiger partial charge in [-0.1, -0.05) is 36.1 Å².